The predicted octanol–water partition coefficient (Wildman–Crippen LogP) is 1.73. The van der Waals surface area contributed by atoms with Crippen LogP contribution in [0.1, 0.15) is 12.0 Å². The van der Waals surface area contributed by atoms with E-state index >= 15 is 0 Å². The van der Waals surface area contributed by atoms with Crippen LogP contribution in [-0.4, -0.2) is 29.9 Å². The third-order valence-electron chi connectivity index (χ3n) is 2.15. The van der Waals surface area contributed by atoms with Crippen LogP contribution in [0.4, 0.5) is 9.18 Å². The zero-order chi connectivity index (χ0) is 13.4. The first kappa shape index (κ1) is 14.0. The summed E-state index contributed by atoms with van der Waals surface area (Å²) in [6.07, 6.45) is -2.95. The van der Waals surface area contributed by atoms with Gasteiger partial charge < -0.3 is 15.2 Å². The van der Waals surface area contributed by atoms with E-state index in [1.54, 1.807) is 12.1 Å². The van der Waals surface area contributed by atoms with Gasteiger partial charge in [-0.1, -0.05) is 30.3 Å². The average molecular weight is 255 g/mol. The summed E-state index contributed by atoms with van der Waals surface area (Å²) >= 11 is 0. The second-order valence-electron chi connectivity index (χ2n) is 3.58. The first-order valence-electron chi connectivity index (χ1n) is 5.41. The molecule has 0 aliphatic rings. The van der Waals surface area contributed by atoms with Gasteiger partial charge in [0.25, 0.3) is 0 Å². The molecule has 0 aliphatic carbocycles. The highest BCUT2D eigenvalue weighted by atomic mass is 19.1. The van der Waals surface area contributed by atoms with Gasteiger partial charge in [-0.15, -0.1) is 0 Å². The first-order valence-corrected chi connectivity index (χ1v) is 5.41. The third kappa shape index (κ3) is 5.29. The molecule has 0 bridgehead atoms. The van der Waals surface area contributed by atoms with Crippen molar-refractivity contribution in [3.63, 3.8) is 0 Å². The van der Waals surface area contributed by atoms with Crippen molar-refractivity contribution in [3.05, 3.63) is 35.9 Å². The lowest BCUT2D eigenvalue weighted by Gasteiger charge is -2.07. The summed E-state index contributed by atoms with van der Waals surface area (Å²) in [6, 6.07) is 9.08. The van der Waals surface area contributed by atoms with Gasteiger partial charge in [-0.05, 0) is 5.56 Å². The van der Waals surface area contributed by atoms with Crippen molar-refractivity contribution in [1.29, 1.82) is 0 Å². The van der Waals surface area contributed by atoms with Gasteiger partial charge in [0, 0.05) is 13.0 Å². The Morgan fingerprint density at radius 3 is 2.61 bits per heavy atom. The topological polar surface area (TPSA) is 75.6 Å². The summed E-state index contributed by atoms with van der Waals surface area (Å²) in [6.45, 7) is 0.0335. The Kier molecular flexibility index (Phi) is 5.63. The number of alkyl carbamates (subject to hydrolysis) is 1. The standard InChI is InChI=1S/C12H14FNO4/c13-10(11(15)16)6-7-14-12(17)18-8-9-4-2-1-3-5-9/h1-5,10H,6-8H2,(H,14,17)(H,15,16)/t10-/m0/s1. The van der Waals surface area contributed by atoms with Gasteiger partial charge in [0.05, 0.1) is 0 Å². The number of hydrogen-bond acceptors (Lipinski definition) is 3. The van der Waals surface area contributed by atoms with E-state index in [1.807, 2.05) is 18.2 Å². The maximum atomic E-state index is 12.6. The summed E-state index contributed by atoms with van der Waals surface area (Å²) in [5, 5.41) is 10.6. The Bertz CT molecular complexity index is 396. The number of aliphatic carboxylic acids is 1. The van der Waals surface area contributed by atoms with Crippen LogP contribution >= 0.6 is 0 Å². The lowest BCUT2D eigenvalue weighted by molar-refractivity contribution is -0.142. The Morgan fingerprint density at radius 2 is 2.00 bits per heavy atom. The normalized spacial score (nSPS) is 11.6. The Morgan fingerprint density at radius 1 is 1.33 bits per heavy atom. The monoisotopic (exact) mass is 255 g/mol. The number of ether oxygens (including phenoxy) is 1. The number of hydrogen-bond donors (Lipinski definition) is 2. The van der Waals surface area contributed by atoms with Crippen molar-refractivity contribution < 1.29 is 23.8 Å². The SMILES string of the molecule is O=C(NCC[C@H](F)C(=O)O)OCc1ccccc1. The van der Waals surface area contributed by atoms with Gasteiger partial charge >= 0.3 is 12.1 Å². The molecule has 0 unspecified atom stereocenters. The molecule has 0 heterocycles. The van der Waals surface area contributed by atoms with Crippen LogP contribution in [0.15, 0.2) is 30.3 Å². The zero-order valence-electron chi connectivity index (χ0n) is 9.64. The molecule has 0 saturated carbocycles. The fraction of sp³-hybridized carbons (Fsp3) is 0.333. The average Bonchev–Trinajstić information content (AvgIpc) is 2.37. The zero-order valence-corrected chi connectivity index (χ0v) is 9.64. The van der Waals surface area contributed by atoms with E-state index < -0.39 is 18.2 Å². The Hall–Kier alpha value is -2.11. The molecule has 0 saturated heterocycles. The molecule has 1 aromatic rings. The van der Waals surface area contributed by atoms with Crippen LogP contribution in [-0.2, 0) is 16.1 Å². The summed E-state index contributed by atoms with van der Waals surface area (Å²) < 4.78 is 17.5. The molecule has 18 heavy (non-hydrogen) atoms. The fourth-order valence-electron chi connectivity index (χ4n) is 1.20. The number of alkyl halides is 1. The van der Waals surface area contributed by atoms with E-state index in [0.717, 1.165) is 5.56 Å². The molecule has 98 valence electrons. The second-order valence-corrected chi connectivity index (χ2v) is 3.58. The minimum atomic E-state index is -1.97. The fourth-order valence-corrected chi connectivity index (χ4v) is 1.20. The van der Waals surface area contributed by atoms with E-state index in [4.69, 9.17) is 9.84 Å². The predicted molar refractivity (Wildman–Crippen MR) is 61.8 cm³/mol. The first-order chi connectivity index (χ1) is 8.59. The molecule has 6 heteroatoms. The molecule has 0 aliphatic heterocycles. The molecule has 1 rings (SSSR count). The Labute approximate surface area is 104 Å². The van der Waals surface area contributed by atoms with Gasteiger partial charge in [0.2, 0.25) is 0 Å². The lowest BCUT2D eigenvalue weighted by atomic mass is 10.2. The van der Waals surface area contributed by atoms with Crippen LogP contribution in [0.2, 0.25) is 0 Å². The van der Waals surface area contributed by atoms with E-state index in [9.17, 15) is 14.0 Å². The van der Waals surface area contributed by atoms with Crippen molar-refractivity contribution in [3.8, 4) is 0 Å². The molecular formula is C12H14FNO4. The van der Waals surface area contributed by atoms with E-state index in [2.05, 4.69) is 5.32 Å². The number of amides is 1. The summed E-state index contributed by atoms with van der Waals surface area (Å²) in [5.74, 6) is -1.53. The highest BCUT2D eigenvalue weighted by Gasteiger charge is 2.15. The number of carbonyl (C=O) groups excluding carboxylic acids is 1. The van der Waals surface area contributed by atoms with Crippen LogP contribution < -0.4 is 5.32 Å². The molecule has 0 spiro atoms. The van der Waals surface area contributed by atoms with Crippen molar-refractivity contribution in [2.75, 3.05) is 6.54 Å². The van der Waals surface area contributed by atoms with Gasteiger partial charge in [-0.25, -0.2) is 14.0 Å². The molecule has 5 nitrogen and oxygen atoms in total. The molecule has 0 radical (unpaired) electrons. The van der Waals surface area contributed by atoms with Crippen LogP contribution in [0.3, 0.4) is 0 Å². The summed E-state index contributed by atoms with van der Waals surface area (Å²) in [5.41, 5.74) is 0.835. The van der Waals surface area contributed by atoms with Gasteiger partial charge in [0.1, 0.15) is 6.61 Å². The number of carboxylic acid groups (broad SMARTS) is 1. The molecule has 2 N–H and O–H groups in total. The minimum Gasteiger partial charge on any atom is -0.479 e. The maximum absolute atomic E-state index is 12.6. The second kappa shape index (κ2) is 7.26. The molecular weight excluding hydrogens is 241 g/mol. The summed E-state index contributed by atoms with van der Waals surface area (Å²) in [4.78, 5) is 21.3. The maximum Gasteiger partial charge on any atom is 0.407 e. The largest absolute Gasteiger partial charge is 0.479 e. The van der Waals surface area contributed by atoms with Crippen molar-refractivity contribution in [2.24, 2.45) is 0 Å². The number of nitrogens with one attached hydrogen (secondary N) is 1. The van der Waals surface area contributed by atoms with Gasteiger partial charge in [-0.3, -0.25) is 0 Å². The van der Waals surface area contributed by atoms with Crippen LogP contribution in [0.5, 0.6) is 0 Å². The number of carboxylic acids is 1. The van der Waals surface area contributed by atoms with E-state index in [-0.39, 0.29) is 19.6 Å². The molecule has 0 fully saturated rings. The van der Waals surface area contributed by atoms with Crippen LogP contribution in [0.25, 0.3) is 0 Å². The minimum absolute atomic E-state index is 0.0823. The third-order valence-corrected chi connectivity index (χ3v) is 2.15. The van der Waals surface area contributed by atoms with Crippen LogP contribution in [0, 0.1) is 0 Å². The number of rotatable bonds is 6. The highest BCUT2D eigenvalue weighted by Crippen LogP contribution is 2.01. The summed E-state index contributed by atoms with van der Waals surface area (Å²) in [7, 11) is 0. The van der Waals surface area contributed by atoms with Gasteiger partial charge in [-0.2, -0.15) is 0 Å². The quantitative estimate of drug-likeness (QED) is 0.811. The van der Waals surface area contributed by atoms with Gasteiger partial charge in [0.15, 0.2) is 6.17 Å². The van der Waals surface area contributed by atoms with Crippen molar-refractivity contribution in [2.45, 2.75) is 19.2 Å². The van der Waals surface area contributed by atoms with Crippen molar-refractivity contribution in [1.82, 2.24) is 5.32 Å². The molecule has 1 aromatic carbocycles. The lowest BCUT2D eigenvalue weighted by Crippen LogP contribution is -2.28. The number of benzene rings is 1. The van der Waals surface area contributed by atoms with Crippen molar-refractivity contribution >= 4 is 12.1 Å². The van der Waals surface area contributed by atoms with E-state index in [0.29, 0.717) is 0 Å². The smallest absolute Gasteiger partial charge is 0.407 e. The molecule has 0 aromatic heterocycles. The number of halogens is 1. The van der Waals surface area contributed by atoms with E-state index in [1.165, 1.54) is 0 Å². The Balaban J connectivity index is 2.17. The molecule has 1 amide bonds. The number of carbonyl (C=O) groups is 2. The molecule has 1 atom stereocenters. The highest BCUT2D eigenvalue weighted by molar-refractivity contribution is 5.72.